The molecule has 5 aromatic rings. The molecule has 170 valence electrons. The molecule has 0 aliphatic carbocycles. The average molecular weight is 453 g/mol. The number of amides is 1. The summed E-state index contributed by atoms with van der Waals surface area (Å²) in [6.45, 7) is 3.76. The van der Waals surface area contributed by atoms with Gasteiger partial charge in [-0.25, -0.2) is 9.97 Å². The number of carbonyl (C=O) groups excluding carboxylic acids is 1. The maximum Gasteiger partial charge on any atom is 0.217 e. The highest BCUT2D eigenvalue weighted by molar-refractivity contribution is 5.93. The van der Waals surface area contributed by atoms with Crippen LogP contribution in [-0.2, 0) is 4.79 Å². The third-order valence-corrected chi connectivity index (χ3v) is 5.35. The first-order chi connectivity index (χ1) is 16.5. The molecule has 0 spiro atoms. The number of nitrogens with one attached hydrogen (secondary N) is 3. The molecule has 0 fully saturated rings. The third kappa shape index (κ3) is 4.66. The van der Waals surface area contributed by atoms with Gasteiger partial charge in [0.1, 0.15) is 18.2 Å². The molecule has 3 aromatic carbocycles. The van der Waals surface area contributed by atoms with E-state index in [0.717, 1.165) is 33.1 Å². The lowest BCUT2D eigenvalue weighted by molar-refractivity contribution is -0.119. The summed E-state index contributed by atoms with van der Waals surface area (Å²) in [6, 6.07) is 21.5. The Labute approximate surface area is 196 Å². The SMILES string of the molecule is CC(=O)NC(C)COc1cccc(-c2nc(Nc3ccc4[nH]ncc4c3)c3ccccc3n2)c1. The molecule has 8 heteroatoms. The first-order valence-corrected chi connectivity index (χ1v) is 11.0. The molecule has 0 saturated carbocycles. The fourth-order valence-corrected chi connectivity index (χ4v) is 3.79. The quantitative estimate of drug-likeness (QED) is 0.327. The maximum atomic E-state index is 11.2. The van der Waals surface area contributed by atoms with E-state index in [1.165, 1.54) is 6.92 Å². The van der Waals surface area contributed by atoms with Crippen LogP contribution in [0.5, 0.6) is 5.75 Å². The van der Waals surface area contributed by atoms with Crippen LogP contribution in [0, 0.1) is 0 Å². The zero-order chi connectivity index (χ0) is 23.5. The van der Waals surface area contributed by atoms with Crippen LogP contribution in [0.25, 0.3) is 33.2 Å². The van der Waals surface area contributed by atoms with Crippen LogP contribution in [0.4, 0.5) is 11.5 Å². The highest BCUT2D eigenvalue weighted by Crippen LogP contribution is 2.29. The van der Waals surface area contributed by atoms with Gasteiger partial charge in [0.05, 0.1) is 23.3 Å². The van der Waals surface area contributed by atoms with Crippen molar-refractivity contribution in [2.24, 2.45) is 0 Å². The number of benzene rings is 3. The first-order valence-electron chi connectivity index (χ1n) is 11.0. The lowest BCUT2D eigenvalue weighted by Gasteiger charge is -2.15. The van der Waals surface area contributed by atoms with Crippen LogP contribution in [-0.4, -0.2) is 38.7 Å². The van der Waals surface area contributed by atoms with Crippen LogP contribution in [0.3, 0.4) is 0 Å². The number of aromatic amines is 1. The van der Waals surface area contributed by atoms with Gasteiger partial charge in [0.25, 0.3) is 0 Å². The zero-order valence-corrected chi connectivity index (χ0v) is 18.9. The molecule has 1 atom stereocenters. The van der Waals surface area contributed by atoms with E-state index in [1.54, 1.807) is 6.20 Å². The predicted molar refractivity (Wildman–Crippen MR) is 133 cm³/mol. The maximum absolute atomic E-state index is 11.2. The van der Waals surface area contributed by atoms with Gasteiger partial charge >= 0.3 is 0 Å². The number of ether oxygens (including phenoxy) is 1. The number of hydrogen-bond donors (Lipinski definition) is 3. The highest BCUT2D eigenvalue weighted by Gasteiger charge is 2.12. The molecule has 1 unspecified atom stereocenters. The predicted octanol–water partition coefficient (Wildman–Crippen LogP) is 4.82. The monoisotopic (exact) mass is 452 g/mol. The van der Waals surface area contributed by atoms with Gasteiger partial charge in [-0.15, -0.1) is 0 Å². The normalized spacial score (nSPS) is 11.9. The smallest absolute Gasteiger partial charge is 0.217 e. The second-order valence-electron chi connectivity index (χ2n) is 8.15. The molecule has 3 N–H and O–H groups in total. The molecule has 5 rings (SSSR count). The topological polar surface area (TPSA) is 105 Å². The Kier molecular flexibility index (Phi) is 5.78. The van der Waals surface area contributed by atoms with E-state index in [9.17, 15) is 4.79 Å². The van der Waals surface area contributed by atoms with Gasteiger partial charge in [0, 0.05) is 28.9 Å². The van der Waals surface area contributed by atoms with Crippen molar-refractivity contribution in [3.05, 3.63) is 72.9 Å². The van der Waals surface area contributed by atoms with Crippen molar-refractivity contribution in [3.63, 3.8) is 0 Å². The lowest BCUT2D eigenvalue weighted by atomic mass is 10.1. The second kappa shape index (κ2) is 9.19. The van der Waals surface area contributed by atoms with E-state index >= 15 is 0 Å². The Hall–Kier alpha value is -4.46. The Morgan fingerprint density at radius 2 is 1.94 bits per heavy atom. The van der Waals surface area contributed by atoms with Crippen molar-refractivity contribution >= 4 is 39.2 Å². The van der Waals surface area contributed by atoms with E-state index in [4.69, 9.17) is 14.7 Å². The number of H-pyrrole nitrogens is 1. The molecular weight excluding hydrogens is 428 g/mol. The zero-order valence-electron chi connectivity index (χ0n) is 18.9. The number of para-hydroxylation sites is 1. The van der Waals surface area contributed by atoms with Crippen LogP contribution >= 0.6 is 0 Å². The number of rotatable bonds is 7. The summed E-state index contributed by atoms with van der Waals surface area (Å²) in [4.78, 5) is 20.9. The standard InChI is InChI=1S/C26H24N6O2/c1-16(28-17(2)33)15-34-21-7-5-6-18(13-21)25-30-24-9-4-3-8-22(24)26(31-25)29-20-10-11-23-19(12-20)14-27-32-23/h3-14,16H,15H2,1-2H3,(H,27,32)(H,28,33)(H,29,30,31). The summed E-state index contributed by atoms with van der Waals surface area (Å²) < 4.78 is 5.88. The van der Waals surface area contributed by atoms with Crippen LogP contribution in [0.1, 0.15) is 13.8 Å². The number of anilines is 2. The largest absolute Gasteiger partial charge is 0.491 e. The van der Waals surface area contributed by atoms with Gasteiger partial charge in [-0.3, -0.25) is 9.89 Å². The minimum absolute atomic E-state index is 0.0821. The molecular formula is C26H24N6O2. The molecule has 8 nitrogen and oxygen atoms in total. The number of aromatic nitrogens is 4. The minimum atomic E-state index is -0.0959. The van der Waals surface area contributed by atoms with Crippen molar-refractivity contribution in [2.45, 2.75) is 19.9 Å². The first kappa shape index (κ1) is 21.4. The van der Waals surface area contributed by atoms with Crippen molar-refractivity contribution in [2.75, 3.05) is 11.9 Å². The van der Waals surface area contributed by atoms with E-state index in [2.05, 4.69) is 20.8 Å². The molecule has 0 aliphatic rings. The number of nitrogens with zero attached hydrogens (tertiary/aromatic N) is 3. The highest BCUT2D eigenvalue weighted by atomic mass is 16.5. The van der Waals surface area contributed by atoms with E-state index in [1.807, 2.05) is 73.7 Å². The fourth-order valence-electron chi connectivity index (χ4n) is 3.79. The Bertz CT molecular complexity index is 1480. The Morgan fingerprint density at radius 1 is 1.06 bits per heavy atom. The number of carbonyl (C=O) groups is 1. The van der Waals surface area contributed by atoms with Gasteiger partial charge in [-0.05, 0) is 49.4 Å². The van der Waals surface area contributed by atoms with Gasteiger partial charge < -0.3 is 15.4 Å². The summed E-state index contributed by atoms with van der Waals surface area (Å²) in [5.74, 6) is 1.91. The summed E-state index contributed by atoms with van der Waals surface area (Å²) in [7, 11) is 0. The lowest BCUT2D eigenvalue weighted by Crippen LogP contribution is -2.35. The molecule has 2 aromatic heterocycles. The molecule has 1 amide bonds. The van der Waals surface area contributed by atoms with Gasteiger partial charge in [0.2, 0.25) is 5.91 Å². The summed E-state index contributed by atoms with van der Waals surface area (Å²) >= 11 is 0. The Morgan fingerprint density at radius 3 is 2.82 bits per heavy atom. The van der Waals surface area contributed by atoms with Gasteiger partial charge in [-0.1, -0.05) is 24.3 Å². The second-order valence-corrected chi connectivity index (χ2v) is 8.15. The number of fused-ring (bicyclic) bond motifs is 2. The van der Waals surface area contributed by atoms with E-state index in [-0.39, 0.29) is 11.9 Å². The fraction of sp³-hybridized carbons (Fsp3) is 0.154. The molecule has 0 bridgehead atoms. The van der Waals surface area contributed by atoms with Crippen molar-refractivity contribution in [1.29, 1.82) is 0 Å². The molecule has 0 saturated heterocycles. The third-order valence-electron chi connectivity index (χ3n) is 5.35. The van der Waals surface area contributed by atoms with Gasteiger partial charge in [-0.2, -0.15) is 5.10 Å². The van der Waals surface area contributed by atoms with Crippen LogP contribution in [0.2, 0.25) is 0 Å². The van der Waals surface area contributed by atoms with E-state index in [0.29, 0.717) is 24.0 Å². The number of hydrogen-bond acceptors (Lipinski definition) is 6. The average Bonchev–Trinajstić information content (AvgIpc) is 3.30. The molecule has 2 heterocycles. The van der Waals surface area contributed by atoms with Crippen LogP contribution < -0.4 is 15.4 Å². The van der Waals surface area contributed by atoms with Crippen molar-refractivity contribution in [3.8, 4) is 17.1 Å². The molecule has 0 aliphatic heterocycles. The summed E-state index contributed by atoms with van der Waals surface area (Å²) in [5.41, 5.74) is 3.56. The Balaban J connectivity index is 1.46. The van der Waals surface area contributed by atoms with E-state index < -0.39 is 0 Å². The molecule has 34 heavy (non-hydrogen) atoms. The van der Waals surface area contributed by atoms with Crippen molar-refractivity contribution < 1.29 is 9.53 Å². The summed E-state index contributed by atoms with van der Waals surface area (Å²) in [6.07, 6.45) is 1.79. The molecule has 0 radical (unpaired) electrons. The van der Waals surface area contributed by atoms with Gasteiger partial charge in [0.15, 0.2) is 5.82 Å². The summed E-state index contributed by atoms with van der Waals surface area (Å²) in [5, 5.41) is 15.3. The van der Waals surface area contributed by atoms with Crippen molar-refractivity contribution in [1.82, 2.24) is 25.5 Å². The minimum Gasteiger partial charge on any atom is -0.491 e. The van der Waals surface area contributed by atoms with Crippen LogP contribution in [0.15, 0.2) is 72.9 Å².